The lowest BCUT2D eigenvalue weighted by Gasteiger charge is -2.33. The molecule has 3 rings (SSSR count). The van der Waals surface area contributed by atoms with Gasteiger partial charge >= 0.3 is 0 Å². The SMILES string of the molecule is CC(C(=O)N(Cc1ccccn1)C1CCCNCC1)c1cccs1. The number of pyridine rings is 1. The smallest absolute Gasteiger partial charge is 0.231 e. The standard InChI is InChI=1S/C19H25N3OS/c1-15(18-8-5-13-24-18)19(23)22(14-16-6-2-3-11-21-16)17-7-4-10-20-12-9-17/h2-3,5-6,8,11,13,15,17,20H,4,7,9-10,12,14H2,1H3. The van der Waals surface area contributed by atoms with Crippen molar-refractivity contribution < 1.29 is 4.79 Å². The first kappa shape index (κ1) is 17.1. The van der Waals surface area contributed by atoms with Gasteiger partial charge < -0.3 is 10.2 Å². The molecule has 4 nitrogen and oxygen atoms in total. The number of aromatic nitrogens is 1. The number of hydrogen-bond donors (Lipinski definition) is 1. The molecule has 1 N–H and O–H groups in total. The van der Waals surface area contributed by atoms with Gasteiger partial charge in [-0.3, -0.25) is 9.78 Å². The van der Waals surface area contributed by atoms with Crippen molar-refractivity contribution >= 4 is 17.2 Å². The Morgan fingerprint density at radius 3 is 3.00 bits per heavy atom. The maximum Gasteiger partial charge on any atom is 0.231 e. The zero-order valence-corrected chi connectivity index (χ0v) is 15.0. The Morgan fingerprint density at radius 2 is 2.25 bits per heavy atom. The van der Waals surface area contributed by atoms with Gasteiger partial charge in [-0.15, -0.1) is 11.3 Å². The lowest BCUT2D eigenvalue weighted by molar-refractivity contribution is -0.135. The summed E-state index contributed by atoms with van der Waals surface area (Å²) in [7, 11) is 0. The fourth-order valence-electron chi connectivity index (χ4n) is 3.27. The largest absolute Gasteiger partial charge is 0.333 e. The second kappa shape index (κ2) is 8.40. The Morgan fingerprint density at radius 1 is 1.33 bits per heavy atom. The molecule has 2 unspecified atom stereocenters. The number of nitrogens with zero attached hydrogens (tertiary/aromatic N) is 2. The van der Waals surface area contributed by atoms with Crippen molar-refractivity contribution in [1.29, 1.82) is 0 Å². The van der Waals surface area contributed by atoms with E-state index < -0.39 is 0 Å². The summed E-state index contributed by atoms with van der Waals surface area (Å²) >= 11 is 1.66. The monoisotopic (exact) mass is 343 g/mol. The fourth-order valence-corrected chi connectivity index (χ4v) is 4.05. The van der Waals surface area contributed by atoms with Crippen molar-refractivity contribution in [3.8, 4) is 0 Å². The van der Waals surface area contributed by atoms with Crippen LogP contribution in [-0.4, -0.2) is 34.9 Å². The van der Waals surface area contributed by atoms with Gasteiger partial charge in [0.25, 0.3) is 0 Å². The highest BCUT2D eigenvalue weighted by Crippen LogP contribution is 2.26. The molecule has 0 saturated carbocycles. The van der Waals surface area contributed by atoms with Crippen molar-refractivity contribution in [2.75, 3.05) is 13.1 Å². The van der Waals surface area contributed by atoms with Crippen molar-refractivity contribution in [1.82, 2.24) is 15.2 Å². The minimum atomic E-state index is -0.0927. The van der Waals surface area contributed by atoms with E-state index >= 15 is 0 Å². The highest BCUT2D eigenvalue weighted by Gasteiger charge is 2.29. The topological polar surface area (TPSA) is 45.2 Å². The van der Waals surface area contributed by atoms with Crippen LogP contribution in [-0.2, 0) is 11.3 Å². The van der Waals surface area contributed by atoms with E-state index in [1.807, 2.05) is 36.6 Å². The quantitative estimate of drug-likeness (QED) is 0.905. The number of carbonyl (C=O) groups is 1. The first-order chi connectivity index (χ1) is 11.8. The van der Waals surface area contributed by atoms with Gasteiger partial charge in [0.2, 0.25) is 5.91 Å². The van der Waals surface area contributed by atoms with Crippen LogP contribution in [0.25, 0.3) is 0 Å². The average molecular weight is 343 g/mol. The third-order valence-corrected chi connectivity index (χ3v) is 5.72. The highest BCUT2D eigenvalue weighted by atomic mass is 32.1. The summed E-state index contributed by atoms with van der Waals surface area (Å²) in [6.45, 7) is 4.64. The molecule has 5 heteroatoms. The Balaban J connectivity index is 1.81. The minimum absolute atomic E-state index is 0.0927. The van der Waals surface area contributed by atoms with Crippen LogP contribution in [0.3, 0.4) is 0 Å². The lowest BCUT2D eigenvalue weighted by Crippen LogP contribution is -2.42. The first-order valence-electron chi connectivity index (χ1n) is 8.70. The Bertz CT molecular complexity index is 621. The first-order valence-corrected chi connectivity index (χ1v) is 9.58. The molecule has 0 spiro atoms. The molecule has 1 aliphatic rings. The Labute approximate surface area is 147 Å². The molecule has 2 aromatic heterocycles. The number of nitrogens with one attached hydrogen (secondary N) is 1. The molecule has 0 aliphatic carbocycles. The van der Waals surface area contributed by atoms with Crippen LogP contribution in [0.1, 0.15) is 42.7 Å². The molecule has 3 heterocycles. The van der Waals surface area contributed by atoms with Crippen LogP contribution in [0.5, 0.6) is 0 Å². The molecule has 0 aromatic carbocycles. The molecule has 1 fully saturated rings. The second-order valence-corrected chi connectivity index (χ2v) is 7.34. The number of amides is 1. The van der Waals surface area contributed by atoms with Gasteiger partial charge in [-0.05, 0) is 62.9 Å². The number of hydrogen-bond acceptors (Lipinski definition) is 4. The summed E-state index contributed by atoms with van der Waals surface area (Å²) in [5.74, 6) is 0.125. The second-order valence-electron chi connectivity index (χ2n) is 6.36. The molecule has 2 aromatic rings. The third kappa shape index (κ3) is 4.22. The highest BCUT2D eigenvalue weighted by molar-refractivity contribution is 7.10. The summed E-state index contributed by atoms with van der Waals surface area (Å²) in [5, 5.41) is 5.48. The fraction of sp³-hybridized carbons (Fsp3) is 0.474. The molecule has 24 heavy (non-hydrogen) atoms. The van der Waals surface area contributed by atoms with Gasteiger partial charge in [0.15, 0.2) is 0 Å². The van der Waals surface area contributed by atoms with Crippen molar-refractivity contribution in [3.05, 3.63) is 52.5 Å². The summed E-state index contributed by atoms with van der Waals surface area (Å²) in [4.78, 5) is 20.9. The average Bonchev–Trinajstić information content (AvgIpc) is 3.02. The van der Waals surface area contributed by atoms with Crippen LogP contribution in [0.15, 0.2) is 41.9 Å². The van der Waals surface area contributed by atoms with Gasteiger partial charge in [-0.25, -0.2) is 0 Å². The maximum atomic E-state index is 13.2. The molecular weight excluding hydrogens is 318 g/mol. The van der Waals surface area contributed by atoms with Crippen LogP contribution in [0.4, 0.5) is 0 Å². The van der Waals surface area contributed by atoms with Crippen LogP contribution in [0, 0.1) is 0 Å². The van der Waals surface area contributed by atoms with Crippen molar-refractivity contribution in [3.63, 3.8) is 0 Å². The normalized spacial score (nSPS) is 19.5. The molecule has 1 amide bonds. The van der Waals surface area contributed by atoms with Gasteiger partial charge in [-0.2, -0.15) is 0 Å². The number of thiophene rings is 1. The van der Waals surface area contributed by atoms with E-state index in [1.165, 1.54) is 0 Å². The Kier molecular flexibility index (Phi) is 5.99. The summed E-state index contributed by atoms with van der Waals surface area (Å²) in [6.07, 6.45) is 4.98. The zero-order valence-electron chi connectivity index (χ0n) is 14.1. The van der Waals surface area contributed by atoms with Crippen LogP contribution >= 0.6 is 11.3 Å². The van der Waals surface area contributed by atoms with E-state index in [0.717, 1.165) is 42.9 Å². The molecule has 128 valence electrons. The maximum absolute atomic E-state index is 13.2. The Hall–Kier alpha value is -1.72. The third-order valence-electron chi connectivity index (χ3n) is 4.67. The summed E-state index contributed by atoms with van der Waals surface area (Å²) in [5.41, 5.74) is 0.960. The van der Waals surface area contributed by atoms with Gasteiger partial charge in [-0.1, -0.05) is 12.1 Å². The zero-order chi connectivity index (χ0) is 16.8. The van der Waals surface area contributed by atoms with E-state index in [-0.39, 0.29) is 17.9 Å². The summed E-state index contributed by atoms with van der Waals surface area (Å²) in [6, 6.07) is 10.3. The van der Waals surface area contributed by atoms with Crippen molar-refractivity contribution in [2.45, 2.75) is 44.7 Å². The van der Waals surface area contributed by atoms with Crippen LogP contribution in [0.2, 0.25) is 0 Å². The van der Waals surface area contributed by atoms with Gasteiger partial charge in [0, 0.05) is 17.1 Å². The molecular formula is C19H25N3OS. The van der Waals surface area contributed by atoms with Crippen LogP contribution < -0.4 is 5.32 Å². The van der Waals surface area contributed by atoms with E-state index in [0.29, 0.717) is 6.54 Å². The lowest BCUT2D eigenvalue weighted by atomic mass is 10.0. The van der Waals surface area contributed by atoms with E-state index in [2.05, 4.69) is 21.3 Å². The number of rotatable bonds is 5. The molecule has 0 bridgehead atoms. The number of carbonyl (C=O) groups excluding carboxylic acids is 1. The molecule has 1 aliphatic heterocycles. The van der Waals surface area contributed by atoms with E-state index in [1.54, 1.807) is 17.5 Å². The van der Waals surface area contributed by atoms with Gasteiger partial charge in [0.1, 0.15) is 0 Å². The molecule has 1 saturated heterocycles. The molecule has 0 radical (unpaired) electrons. The van der Waals surface area contributed by atoms with Crippen molar-refractivity contribution in [2.24, 2.45) is 0 Å². The minimum Gasteiger partial charge on any atom is -0.333 e. The predicted molar refractivity (Wildman–Crippen MR) is 98.0 cm³/mol. The van der Waals surface area contributed by atoms with E-state index in [9.17, 15) is 4.79 Å². The summed E-state index contributed by atoms with van der Waals surface area (Å²) < 4.78 is 0. The predicted octanol–water partition coefficient (Wildman–Crippen LogP) is 3.42. The van der Waals surface area contributed by atoms with Gasteiger partial charge in [0.05, 0.1) is 18.2 Å². The van der Waals surface area contributed by atoms with E-state index in [4.69, 9.17) is 0 Å². The molecule has 2 atom stereocenters.